The van der Waals surface area contributed by atoms with Crippen molar-refractivity contribution < 1.29 is 14.9 Å². The summed E-state index contributed by atoms with van der Waals surface area (Å²) < 4.78 is 5.49. The van der Waals surface area contributed by atoms with Crippen LogP contribution in [0.5, 0.6) is 5.75 Å². The third-order valence-electron chi connectivity index (χ3n) is 2.61. The Morgan fingerprint density at radius 2 is 1.94 bits per heavy atom. The fraction of sp³-hybridized carbons (Fsp3) is 0.571. The zero-order chi connectivity index (χ0) is 13.2. The van der Waals surface area contributed by atoms with Gasteiger partial charge in [-0.1, -0.05) is 25.1 Å². The van der Waals surface area contributed by atoms with Crippen molar-refractivity contribution in [2.24, 2.45) is 0 Å². The molecule has 0 fully saturated rings. The van der Waals surface area contributed by atoms with E-state index in [1.165, 1.54) is 0 Å². The molecular formula is C14H23NO3. The molecule has 0 saturated heterocycles. The summed E-state index contributed by atoms with van der Waals surface area (Å²) in [4.78, 5) is 2.04. The highest BCUT2D eigenvalue weighted by Gasteiger charge is 2.11. The second-order valence-electron chi connectivity index (χ2n) is 4.30. The van der Waals surface area contributed by atoms with Crippen LogP contribution in [0.15, 0.2) is 30.3 Å². The largest absolute Gasteiger partial charge is 0.491 e. The number of rotatable bonds is 9. The first kappa shape index (κ1) is 15.0. The van der Waals surface area contributed by atoms with Crippen LogP contribution in [0.4, 0.5) is 0 Å². The Morgan fingerprint density at radius 1 is 1.22 bits per heavy atom. The van der Waals surface area contributed by atoms with Crippen LogP contribution in [0.1, 0.15) is 13.3 Å². The molecule has 0 aliphatic rings. The molecule has 4 nitrogen and oxygen atoms in total. The SMILES string of the molecule is CCCN(CCO)C[C@@H](O)COc1ccccc1. The average molecular weight is 253 g/mol. The first-order valence-electron chi connectivity index (χ1n) is 6.45. The van der Waals surface area contributed by atoms with E-state index in [0.717, 1.165) is 18.7 Å². The number of hydrogen-bond acceptors (Lipinski definition) is 4. The minimum Gasteiger partial charge on any atom is -0.491 e. The minimum atomic E-state index is -0.539. The van der Waals surface area contributed by atoms with E-state index in [0.29, 0.717) is 13.1 Å². The van der Waals surface area contributed by atoms with Crippen molar-refractivity contribution in [3.8, 4) is 5.75 Å². The second-order valence-corrected chi connectivity index (χ2v) is 4.30. The van der Waals surface area contributed by atoms with Crippen LogP contribution in [0.25, 0.3) is 0 Å². The summed E-state index contributed by atoms with van der Waals surface area (Å²) in [6, 6.07) is 9.45. The van der Waals surface area contributed by atoms with Gasteiger partial charge in [-0.25, -0.2) is 0 Å². The molecule has 1 rings (SSSR count). The maximum Gasteiger partial charge on any atom is 0.119 e. The molecule has 0 aromatic heterocycles. The van der Waals surface area contributed by atoms with E-state index in [1.807, 2.05) is 35.2 Å². The van der Waals surface area contributed by atoms with E-state index in [2.05, 4.69) is 6.92 Å². The molecule has 0 spiro atoms. The number of hydrogen-bond donors (Lipinski definition) is 2. The highest BCUT2D eigenvalue weighted by atomic mass is 16.5. The van der Waals surface area contributed by atoms with Gasteiger partial charge >= 0.3 is 0 Å². The van der Waals surface area contributed by atoms with Crippen LogP contribution in [0.3, 0.4) is 0 Å². The van der Waals surface area contributed by atoms with Crippen molar-refractivity contribution in [3.63, 3.8) is 0 Å². The highest BCUT2D eigenvalue weighted by molar-refractivity contribution is 5.20. The Bertz CT molecular complexity index is 299. The van der Waals surface area contributed by atoms with Crippen molar-refractivity contribution >= 4 is 0 Å². The third-order valence-corrected chi connectivity index (χ3v) is 2.61. The zero-order valence-electron chi connectivity index (χ0n) is 11.0. The summed E-state index contributed by atoms with van der Waals surface area (Å²) >= 11 is 0. The number of ether oxygens (including phenoxy) is 1. The summed E-state index contributed by atoms with van der Waals surface area (Å²) in [5, 5.41) is 18.8. The highest BCUT2D eigenvalue weighted by Crippen LogP contribution is 2.08. The van der Waals surface area contributed by atoms with Gasteiger partial charge in [0.2, 0.25) is 0 Å². The lowest BCUT2D eigenvalue weighted by atomic mass is 10.3. The van der Waals surface area contributed by atoms with E-state index < -0.39 is 6.10 Å². The molecular weight excluding hydrogens is 230 g/mol. The molecule has 0 aliphatic carbocycles. The van der Waals surface area contributed by atoms with Crippen LogP contribution in [-0.2, 0) is 0 Å². The Balaban J connectivity index is 2.29. The molecule has 1 atom stereocenters. The normalized spacial score (nSPS) is 12.7. The van der Waals surface area contributed by atoms with Gasteiger partial charge < -0.3 is 14.9 Å². The van der Waals surface area contributed by atoms with Crippen molar-refractivity contribution in [3.05, 3.63) is 30.3 Å². The smallest absolute Gasteiger partial charge is 0.119 e. The first-order valence-corrected chi connectivity index (χ1v) is 6.45. The summed E-state index contributed by atoms with van der Waals surface area (Å²) in [6.07, 6.45) is 0.468. The summed E-state index contributed by atoms with van der Waals surface area (Å²) in [7, 11) is 0. The standard InChI is InChI=1S/C14H23NO3/c1-2-8-15(9-10-16)11-13(17)12-18-14-6-4-3-5-7-14/h3-7,13,16-17H,2,8-12H2,1H3/t13-/m1/s1. The van der Waals surface area contributed by atoms with E-state index in [4.69, 9.17) is 9.84 Å². The minimum absolute atomic E-state index is 0.117. The lowest BCUT2D eigenvalue weighted by Crippen LogP contribution is -2.37. The Kier molecular flexibility index (Phi) is 7.41. The van der Waals surface area contributed by atoms with Crippen LogP contribution < -0.4 is 4.74 Å². The van der Waals surface area contributed by atoms with E-state index >= 15 is 0 Å². The molecule has 0 heterocycles. The molecule has 0 aliphatic heterocycles. The summed E-state index contributed by atoms with van der Waals surface area (Å²) in [5.41, 5.74) is 0. The van der Waals surface area contributed by atoms with Crippen LogP contribution >= 0.6 is 0 Å². The number of benzene rings is 1. The van der Waals surface area contributed by atoms with Crippen molar-refractivity contribution in [2.45, 2.75) is 19.4 Å². The van der Waals surface area contributed by atoms with Crippen LogP contribution in [-0.4, -0.2) is 54.1 Å². The maximum atomic E-state index is 9.89. The van der Waals surface area contributed by atoms with Gasteiger partial charge in [-0.3, -0.25) is 4.90 Å². The van der Waals surface area contributed by atoms with Gasteiger partial charge in [-0.2, -0.15) is 0 Å². The lowest BCUT2D eigenvalue weighted by Gasteiger charge is -2.23. The maximum absolute atomic E-state index is 9.89. The molecule has 0 bridgehead atoms. The van der Waals surface area contributed by atoms with Crippen LogP contribution in [0, 0.1) is 0 Å². The van der Waals surface area contributed by atoms with Gasteiger partial charge in [0.15, 0.2) is 0 Å². The quantitative estimate of drug-likeness (QED) is 0.693. The van der Waals surface area contributed by atoms with Gasteiger partial charge in [0, 0.05) is 13.1 Å². The number of nitrogens with zero attached hydrogens (tertiary/aromatic N) is 1. The number of aliphatic hydroxyl groups excluding tert-OH is 2. The van der Waals surface area contributed by atoms with Gasteiger partial charge in [0.1, 0.15) is 18.5 Å². The molecule has 0 radical (unpaired) electrons. The molecule has 18 heavy (non-hydrogen) atoms. The molecule has 0 unspecified atom stereocenters. The van der Waals surface area contributed by atoms with Crippen molar-refractivity contribution in [2.75, 3.05) is 32.8 Å². The van der Waals surface area contributed by atoms with Crippen molar-refractivity contribution in [1.82, 2.24) is 4.90 Å². The third kappa shape index (κ3) is 6.00. The predicted octanol–water partition coefficient (Wildman–Crippen LogP) is 1.13. The first-order chi connectivity index (χ1) is 8.76. The van der Waals surface area contributed by atoms with Gasteiger partial charge in [0.25, 0.3) is 0 Å². The van der Waals surface area contributed by atoms with E-state index in [-0.39, 0.29) is 13.2 Å². The van der Waals surface area contributed by atoms with E-state index in [1.54, 1.807) is 0 Å². The zero-order valence-corrected chi connectivity index (χ0v) is 11.0. The summed E-state index contributed by atoms with van der Waals surface area (Å²) in [5.74, 6) is 0.765. The van der Waals surface area contributed by atoms with Gasteiger partial charge in [0.05, 0.1) is 6.61 Å². The molecule has 1 aromatic rings. The van der Waals surface area contributed by atoms with Crippen LogP contribution in [0.2, 0.25) is 0 Å². The Labute approximate surface area is 109 Å². The predicted molar refractivity (Wildman–Crippen MR) is 71.8 cm³/mol. The molecule has 2 N–H and O–H groups in total. The van der Waals surface area contributed by atoms with Gasteiger partial charge in [-0.15, -0.1) is 0 Å². The molecule has 4 heteroatoms. The lowest BCUT2D eigenvalue weighted by molar-refractivity contribution is 0.0619. The monoisotopic (exact) mass is 253 g/mol. The fourth-order valence-electron chi connectivity index (χ4n) is 1.81. The summed E-state index contributed by atoms with van der Waals surface area (Å²) in [6.45, 7) is 4.47. The Morgan fingerprint density at radius 3 is 2.56 bits per heavy atom. The number of aliphatic hydroxyl groups is 2. The van der Waals surface area contributed by atoms with Crippen molar-refractivity contribution in [1.29, 1.82) is 0 Å². The fourth-order valence-corrected chi connectivity index (χ4v) is 1.81. The molecule has 0 amide bonds. The number of para-hydroxylation sites is 1. The second kappa shape index (κ2) is 8.91. The topological polar surface area (TPSA) is 52.9 Å². The molecule has 1 aromatic carbocycles. The van der Waals surface area contributed by atoms with Gasteiger partial charge in [-0.05, 0) is 25.1 Å². The Hall–Kier alpha value is -1.10. The average Bonchev–Trinajstić information content (AvgIpc) is 2.38. The van der Waals surface area contributed by atoms with E-state index in [9.17, 15) is 5.11 Å². The molecule has 102 valence electrons. The molecule has 0 saturated carbocycles.